The second kappa shape index (κ2) is 5.12. The lowest BCUT2D eigenvalue weighted by atomic mass is 10.1. The Morgan fingerprint density at radius 2 is 2.35 bits per heavy atom. The zero-order valence-corrected chi connectivity index (χ0v) is 10.2. The third-order valence-electron chi connectivity index (χ3n) is 3.06. The number of azide groups is 1. The predicted molar refractivity (Wildman–Crippen MR) is 64.5 cm³/mol. The summed E-state index contributed by atoms with van der Waals surface area (Å²) < 4.78 is 5.22. The molecule has 0 aromatic heterocycles. The number of aliphatic hydroxyl groups is 3. The van der Waals surface area contributed by atoms with Crippen LogP contribution in [0.25, 0.3) is 10.4 Å². The summed E-state index contributed by atoms with van der Waals surface area (Å²) in [5.74, 6) is 0. The van der Waals surface area contributed by atoms with Crippen molar-refractivity contribution in [3.63, 3.8) is 0 Å². The Bertz CT molecular complexity index is 516. The van der Waals surface area contributed by atoms with Crippen molar-refractivity contribution in [1.29, 1.82) is 0 Å². The molecule has 1 saturated heterocycles. The van der Waals surface area contributed by atoms with Gasteiger partial charge in [-0.1, -0.05) is 11.7 Å². The van der Waals surface area contributed by atoms with Gasteiger partial charge in [-0.25, -0.2) is 4.79 Å². The molecule has 20 heavy (non-hydrogen) atoms. The molecule has 0 saturated carbocycles. The number of rotatable bonds is 3. The molecule has 0 aromatic rings. The van der Waals surface area contributed by atoms with Crippen LogP contribution in [-0.4, -0.2) is 57.0 Å². The van der Waals surface area contributed by atoms with Crippen molar-refractivity contribution in [2.75, 3.05) is 6.61 Å². The Morgan fingerprint density at radius 1 is 1.65 bits per heavy atom. The molecule has 0 spiro atoms. The smallest absolute Gasteiger partial charge is 0.328 e. The highest BCUT2D eigenvalue weighted by atomic mass is 16.6. The highest BCUT2D eigenvalue weighted by Crippen LogP contribution is 2.34. The van der Waals surface area contributed by atoms with Crippen LogP contribution in [-0.2, 0) is 4.74 Å². The minimum Gasteiger partial charge on any atom is -0.393 e. The zero-order chi connectivity index (χ0) is 14.9. The monoisotopic (exact) mass is 283 g/mol. The van der Waals surface area contributed by atoms with Crippen LogP contribution in [0.15, 0.2) is 29.7 Å². The molecule has 0 bridgehead atoms. The fourth-order valence-corrected chi connectivity index (χ4v) is 2.00. The van der Waals surface area contributed by atoms with Gasteiger partial charge in [-0.15, -0.1) is 0 Å². The summed E-state index contributed by atoms with van der Waals surface area (Å²) in [7, 11) is 0. The summed E-state index contributed by atoms with van der Waals surface area (Å²) in [4.78, 5) is 15.2. The Balaban J connectivity index is 2.31. The van der Waals surface area contributed by atoms with E-state index in [9.17, 15) is 20.1 Å². The molecule has 108 valence electrons. The molecule has 0 aliphatic carbocycles. The van der Waals surface area contributed by atoms with Gasteiger partial charge in [-0.3, -0.25) is 4.90 Å². The fraction of sp³-hybridized carbons (Fsp3) is 0.500. The van der Waals surface area contributed by atoms with E-state index in [1.165, 1.54) is 12.3 Å². The summed E-state index contributed by atoms with van der Waals surface area (Å²) in [5.41, 5.74) is 6.78. The number of aliphatic hydroxyl groups excluding tert-OH is 3. The van der Waals surface area contributed by atoms with E-state index in [1.807, 2.05) is 0 Å². The van der Waals surface area contributed by atoms with Gasteiger partial charge in [-0.05, 0) is 11.6 Å². The molecule has 2 amide bonds. The molecule has 0 aromatic carbocycles. The normalized spacial score (nSPS) is 36.8. The van der Waals surface area contributed by atoms with Crippen LogP contribution in [0.1, 0.15) is 0 Å². The van der Waals surface area contributed by atoms with Crippen LogP contribution < -0.4 is 5.32 Å². The van der Waals surface area contributed by atoms with Gasteiger partial charge >= 0.3 is 6.03 Å². The number of allylic oxidation sites excluding steroid dienone is 1. The lowest BCUT2D eigenvalue weighted by Crippen LogP contribution is -2.49. The zero-order valence-electron chi connectivity index (χ0n) is 10.2. The van der Waals surface area contributed by atoms with Gasteiger partial charge in [-0.2, -0.15) is 0 Å². The molecule has 1 fully saturated rings. The Morgan fingerprint density at radius 3 is 2.90 bits per heavy atom. The van der Waals surface area contributed by atoms with Crippen LogP contribution in [0.4, 0.5) is 4.79 Å². The number of nitrogens with zero attached hydrogens (tertiary/aromatic N) is 4. The molecule has 2 aliphatic heterocycles. The van der Waals surface area contributed by atoms with Crippen molar-refractivity contribution < 1.29 is 24.9 Å². The average Bonchev–Trinajstić information content (AvgIpc) is 2.65. The minimum absolute atomic E-state index is 0.350. The summed E-state index contributed by atoms with van der Waals surface area (Å²) >= 11 is 0. The van der Waals surface area contributed by atoms with Gasteiger partial charge < -0.3 is 25.4 Å². The number of urea groups is 1. The Kier molecular flexibility index (Phi) is 3.66. The second-order valence-electron chi connectivity index (χ2n) is 4.31. The van der Waals surface area contributed by atoms with Crippen LogP contribution in [0, 0.1) is 0 Å². The summed E-state index contributed by atoms with van der Waals surface area (Å²) in [6.45, 7) is 2.68. The molecule has 4 atom stereocenters. The van der Waals surface area contributed by atoms with Gasteiger partial charge in [0, 0.05) is 16.8 Å². The number of amides is 2. The standard InChI is InChI=1S/C10H13N5O5/c1-5-2-3-15(9(19)12-5)8-6(17)7(18)10(4-16,20-8)13-14-11/h2-3,6-8,16-18H,1,4H2,(H,12,19)/t6-,7+,8-,10-/m1/s1. The van der Waals surface area contributed by atoms with Crippen LogP contribution in [0.5, 0.6) is 0 Å². The molecule has 0 radical (unpaired) electrons. The second-order valence-corrected chi connectivity index (χ2v) is 4.31. The number of hydrogen-bond donors (Lipinski definition) is 4. The first kappa shape index (κ1) is 14.3. The molecule has 4 N–H and O–H groups in total. The molecule has 2 heterocycles. The highest BCUT2D eigenvalue weighted by Gasteiger charge is 2.56. The largest absolute Gasteiger partial charge is 0.393 e. The third kappa shape index (κ3) is 2.11. The van der Waals surface area contributed by atoms with Crippen molar-refractivity contribution in [2.45, 2.75) is 24.2 Å². The van der Waals surface area contributed by atoms with E-state index in [0.29, 0.717) is 5.70 Å². The molecule has 2 rings (SSSR count). The molecule has 0 unspecified atom stereocenters. The summed E-state index contributed by atoms with van der Waals surface area (Å²) in [6, 6.07) is -0.636. The molecule has 2 aliphatic rings. The van der Waals surface area contributed by atoms with E-state index in [2.05, 4.69) is 21.9 Å². The number of carbonyl (C=O) groups excluding carboxylic acids is 1. The number of hydrogen-bond acceptors (Lipinski definition) is 6. The van der Waals surface area contributed by atoms with Gasteiger partial charge in [0.2, 0.25) is 5.72 Å². The lowest BCUT2D eigenvalue weighted by molar-refractivity contribution is -0.128. The maximum atomic E-state index is 11.8. The number of ether oxygens (including phenoxy) is 1. The van der Waals surface area contributed by atoms with E-state index in [-0.39, 0.29) is 0 Å². The van der Waals surface area contributed by atoms with Crippen molar-refractivity contribution >= 4 is 6.03 Å². The lowest BCUT2D eigenvalue weighted by Gasteiger charge is -2.30. The van der Waals surface area contributed by atoms with E-state index in [1.54, 1.807) is 0 Å². The van der Waals surface area contributed by atoms with Gasteiger partial charge in [0.25, 0.3) is 0 Å². The van der Waals surface area contributed by atoms with Crippen LogP contribution in [0.2, 0.25) is 0 Å². The SMILES string of the molecule is C=C1C=CN([C@@H]2O[C@@](CO)(N=[N+]=[N-])[C@@H](O)[C@H]2O)C(=O)N1. The topological polar surface area (TPSA) is 151 Å². The third-order valence-corrected chi connectivity index (χ3v) is 3.06. The maximum Gasteiger partial charge on any atom is 0.328 e. The first-order chi connectivity index (χ1) is 9.45. The molecule has 10 nitrogen and oxygen atoms in total. The van der Waals surface area contributed by atoms with Crippen molar-refractivity contribution in [3.8, 4) is 0 Å². The predicted octanol–water partition coefficient (Wildman–Crippen LogP) is -0.884. The van der Waals surface area contributed by atoms with Gasteiger partial charge in [0.1, 0.15) is 12.2 Å². The first-order valence-corrected chi connectivity index (χ1v) is 5.62. The van der Waals surface area contributed by atoms with Crippen LogP contribution in [0.3, 0.4) is 0 Å². The molecular formula is C10H13N5O5. The van der Waals surface area contributed by atoms with E-state index in [4.69, 9.17) is 10.3 Å². The van der Waals surface area contributed by atoms with Crippen molar-refractivity contribution in [3.05, 3.63) is 35.0 Å². The Labute approximate surface area is 113 Å². The number of carbonyl (C=O) groups is 1. The van der Waals surface area contributed by atoms with Gasteiger partial charge in [0.05, 0.1) is 6.61 Å². The summed E-state index contributed by atoms with van der Waals surface area (Å²) in [5, 5.41) is 34.6. The fourth-order valence-electron chi connectivity index (χ4n) is 2.00. The van der Waals surface area contributed by atoms with E-state index in [0.717, 1.165) is 4.90 Å². The molecule has 10 heteroatoms. The maximum absolute atomic E-state index is 11.8. The van der Waals surface area contributed by atoms with Gasteiger partial charge in [0.15, 0.2) is 6.23 Å². The highest BCUT2D eigenvalue weighted by molar-refractivity contribution is 5.79. The molecular weight excluding hydrogens is 270 g/mol. The van der Waals surface area contributed by atoms with Crippen molar-refractivity contribution in [2.24, 2.45) is 5.11 Å². The first-order valence-electron chi connectivity index (χ1n) is 5.62. The van der Waals surface area contributed by atoms with Crippen molar-refractivity contribution in [1.82, 2.24) is 10.2 Å². The number of nitrogens with one attached hydrogen (secondary N) is 1. The van der Waals surface area contributed by atoms with E-state index >= 15 is 0 Å². The summed E-state index contributed by atoms with van der Waals surface area (Å²) in [6.07, 6.45) is -1.80. The quantitative estimate of drug-likeness (QED) is 0.301. The minimum atomic E-state index is -2.04. The average molecular weight is 283 g/mol. The van der Waals surface area contributed by atoms with E-state index < -0.39 is 36.8 Å². The van der Waals surface area contributed by atoms with Crippen LogP contribution >= 0.6 is 0 Å². The Hall–Kier alpha value is -2.10.